The lowest BCUT2D eigenvalue weighted by Gasteiger charge is -2.50. The zero-order chi connectivity index (χ0) is 87.6. The zero-order valence-electron chi connectivity index (χ0n) is 75.3. The van der Waals surface area contributed by atoms with Crippen LogP contribution in [0.4, 0.5) is 0 Å². The number of unbranched alkanes of at least 4 members (excludes halogenated alkanes) is 46. The van der Waals surface area contributed by atoms with Gasteiger partial charge in [0.2, 0.25) is 0 Å². The molecule has 26 heteroatoms. The number of phosphoric ester groups is 1. The van der Waals surface area contributed by atoms with Gasteiger partial charge < -0.3 is 88.7 Å². The Labute approximate surface area is 724 Å². The SMILES string of the molecule is CCCCCC/C=C\CCCCCCCCCC(=O)OCC(COP(=O)(O)OC1C(OC2OC(CO)C(O)C(O)C2O)C(O)C(O)C(OC(=O)CCCCCCCCC/C=C\CCCCCC)C1OC1OC(COC(=O)CCCCCCCCC(C)CCCCCCCC)C(O)C(O)C1O)OC(=O)CCCCCCCCCCCCCCCCC. The zero-order valence-corrected chi connectivity index (χ0v) is 76.2. The third kappa shape index (κ3) is 51.7. The van der Waals surface area contributed by atoms with Gasteiger partial charge in [0.15, 0.2) is 24.8 Å². The molecule has 0 amide bonds. The van der Waals surface area contributed by atoms with Gasteiger partial charge in [0.1, 0.15) is 92.6 Å². The van der Waals surface area contributed by atoms with Gasteiger partial charge in [0.05, 0.1) is 13.2 Å². The molecule has 704 valence electrons. The minimum atomic E-state index is -5.81. The van der Waals surface area contributed by atoms with Gasteiger partial charge in [0, 0.05) is 25.7 Å². The molecule has 1 saturated carbocycles. The average molecular weight is 1730 g/mol. The summed E-state index contributed by atoms with van der Waals surface area (Å²) in [5.41, 5.74) is 0. The summed E-state index contributed by atoms with van der Waals surface area (Å²) in [5.74, 6) is -2.28. The van der Waals surface area contributed by atoms with Crippen molar-refractivity contribution in [1.29, 1.82) is 0 Å². The van der Waals surface area contributed by atoms with Crippen LogP contribution in [0.1, 0.15) is 413 Å². The van der Waals surface area contributed by atoms with E-state index in [-0.39, 0.29) is 25.7 Å². The molecule has 1 aliphatic carbocycles. The number of hydrogen-bond donors (Lipinski definition) is 10. The lowest BCUT2D eigenvalue weighted by molar-refractivity contribution is -0.360. The van der Waals surface area contributed by atoms with Gasteiger partial charge in [-0.15, -0.1) is 0 Å². The van der Waals surface area contributed by atoms with Crippen LogP contribution in [0.2, 0.25) is 0 Å². The standard InChI is InChI=1S/C94H173O25P/c1-6-10-14-18-22-25-28-31-34-37-40-43-46-53-59-65-77(96)110-70-74(113-79(98)67-61-55-47-44-41-38-35-32-29-26-23-19-15-11-7-2)71-112-120(108,109)119-92-90(117-93-87(106)83(102)81(100)75(69-95)114-93)86(105)85(104)89(116-80(99)68-62-56-48-45-42-39-36-33-30-27-24-20-16-12-8-3)91(92)118-94-88(107)84(103)82(101)76(115-94)72-111-78(97)66-60-54-50-49-52-58-64-73(5)63-57-51-21-17-13-9-4/h25,27-28,30,73-76,81-95,100-107H,6-24,26,29,31-72H2,1-5H3,(H,108,109)/b28-25-,30-27-. The van der Waals surface area contributed by atoms with E-state index in [1.807, 2.05) is 0 Å². The summed E-state index contributed by atoms with van der Waals surface area (Å²) in [7, 11) is -5.81. The molecule has 19 atom stereocenters. The molecule has 2 saturated heterocycles. The van der Waals surface area contributed by atoms with Crippen molar-refractivity contribution >= 4 is 31.7 Å². The normalized spacial score (nSPS) is 25.1. The van der Waals surface area contributed by atoms with Crippen LogP contribution >= 0.6 is 7.82 Å². The number of allylic oxidation sites excluding steroid dienone is 4. The predicted molar refractivity (Wildman–Crippen MR) is 467 cm³/mol. The number of esters is 4. The molecule has 0 aromatic heterocycles. The van der Waals surface area contributed by atoms with Crippen LogP contribution in [-0.4, -0.2) is 205 Å². The Bertz CT molecular complexity index is 2600. The fourth-order valence-corrected chi connectivity index (χ4v) is 17.0. The lowest BCUT2D eigenvalue weighted by Crippen LogP contribution is -2.70. The number of aliphatic hydroxyl groups is 9. The van der Waals surface area contributed by atoms with E-state index in [4.69, 9.17) is 46.9 Å². The van der Waals surface area contributed by atoms with E-state index in [9.17, 15) is 74.6 Å². The maximum Gasteiger partial charge on any atom is 0.472 e. The number of rotatable bonds is 78. The average Bonchev–Trinajstić information content (AvgIpc) is 0.753. The van der Waals surface area contributed by atoms with Gasteiger partial charge in [0.25, 0.3) is 0 Å². The molecule has 10 N–H and O–H groups in total. The van der Waals surface area contributed by atoms with Gasteiger partial charge >= 0.3 is 31.7 Å². The Hall–Kier alpha value is -3.05. The van der Waals surface area contributed by atoms with Gasteiger partial charge in [-0.1, -0.05) is 335 Å². The second-order valence-corrected chi connectivity index (χ2v) is 36.3. The van der Waals surface area contributed by atoms with E-state index >= 15 is 0 Å². The highest BCUT2D eigenvalue weighted by molar-refractivity contribution is 7.47. The van der Waals surface area contributed by atoms with Gasteiger partial charge in [-0.3, -0.25) is 28.2 Å². The minimum absolute atomic E-state index is 0.0142. The van der Waals surface area contributed by atoms with Crippen LogP contribution in [0, 0.1) is 5.92 Å². The summed E-state index contributed by atoms with van der Waals surface area (Å²) in [6.45, 7) is 7.92. The van der Waals surface area contributed by atoms with Gasteiger partial charge in [-0.05, 0) is 83.0 Å². The lowest BCUT2D eigenvalue weighted by atomic mass is 9.84. The third-order valence-corrected chi connectivity index (χ3v) is 24.8. The van der Waals surface area contributed by atoms with Crippen molar-refractivity contribution < 1.29 is 122 Å². The first-order valence-electron chi connectivity index (χ1n) is 48.5. The fraction of sp³-hybridized carbons (Fsp3) is 0.915. The number of carbonyl (C=O) groups excluding carboxylic acids is 4. The fourth-order valence-electron chi connectivity index (χ4n) is 16.0. The predicted octanol–water partition coefficient (Wildman–Crippen LogP) is 18.4. The van der Waals surface area contributed by atoms with E-state index in [1.54, 1.807) is 0 Å². The molecule has 3 rings (SSSR count). The summed E-state index contributed by atoms with van der Waals surface area (Å²) in [6, 6.07) is 0. The topological polar surface area (TPSA) is 380 Å². The molecule has 0 aromatic rings. The molecule has 3 fully saturated rings. The molecular formula is C94H173O25P. The Morgan fingerprint density at radius 3 is 1.08 bits per heavy atom. The second-order valence-electron chi connectivity index (χ2n) is 34.9. The van der Waals surface area contributed by atoms with Crippen molar-refractivity contribution in [3.63, 3.8) is 0 Å². The monoisotopic (exact) mass is 1730 g/mol. The van der Waals surface area contributed by atoms with Crippen LogP contribution in [0.15, 0.2) is 24.3 Å². The van der Waals surface area contributed by atoms with Crippen molar-refractivity contribution in [3.05, 3.63) is 24.3 Å². The van der Waals surface area contributed by atoms with Crippen LogP contribution < -0.4 is 0 Å². The summed E-state index contributed by atoms with van der Waals surface area (Å²) in [5, 5.41) is 102. The molecule has 0 aromatic carbocycles. The molecule has 25 nitrogen and oxygen atoms in total. The number of ether oxygens (including phenoxy) is 8. The largest absolute Gasteiger partial charge is 0.472 e. The summed E-state index contributed by atoms with van der Waals surface area (Å²) < 4.78 is 73.6. The number of phosphoric acid groups is 1. The number of hydrogen-bond acceptors (Lipinski definition) is 24. The molecule has 120 heavy (non-hydrogen) atoms. The van der Waals surface area contributed by atoms with Crippen LogP contribution in [0.5, 0.6) is 0 Å². The van der Waals surface area contributed by atoms with Crippen LogP contribution in [0.25, 0.3) is 0 Å². The van der Waals surface area contributed by atoms with Crippen molar-refractivity contribution in [1.82, 2.24) is 0 Å². The Balaban J connectivity index is 1.91. The molecular weight excluding hydrogens is 1560 g/mol. The summed E-state index contributed by atoms with van der Waals surface area (Å²) in [4.78, 5) is 66.6. The highest BCUT2D eigenvalue weighted by atomic mass is 31.2. The van der Waals surface area contributed by atoms with E-state index in [1.165, 1.54) is 161 Å². The minimum Gasteiger partial charge on any atom is -0.463 e. The molecule has 0 spiro atoms. The van der Waals surface area contributed by atoms with Crippen molar-refractivity contribution in [2.75, 3.05) is 26.4 Å². The molecule has 2 aliphatic heterocycles. The molecule has 2 heterocycles. The summed E-state index contributed by atoms with van der Waals surface area (Å²) in [6.07, 6.45) is 31.5. The van der Waals surface area contributed by atoms with Gasteiger partial charge in [-0.25, -0.2) is 4.57 Å². The molecule has 19 unspecified atom stereocenters. The Morgan fingerprint density at radius 1 is 0.350 bits per heavy atom. The maximum absolute atomic E-state index is 14.9. The first kappa shape index (κ1) is 111. The molecule has 0 bridgehead atoms. The highest BCUT2D eigenvalue weighted by Crippen LogP contribution is 2.49. The van der Waals surface area contributed by atoms with Crippen LogP contribution in [0.3, 0.4) is 0 Å². The van der Waals surface area contributed by atoms with Crippen molar-refractivity contribution in [2.24, 2.45) is 5.92 Å². The van der Waals surface area contributed by atoms with E-state index in [0.717, 1.165) is 161 Å². The Morgan fingerprint density at radius 2 is 0.675 bits per heavy atom. The first-order valence-corrected chi connectivity index (χ1v) is 50.0. The quantitative estimate of drug-likeness (QED) is 0.00889. The second kappa shape index (κ2) is 71.9. The maximum atomic E-state index is 14.9. The molecule has 3 aliphatic rings. The van der Waals surface area contributed by atoms with E-state index in [0.29, 0.717) is 38.0 Å². The van der Waals surface area contributed by atoms with E-state index in [2.05, 4.69) is 58.9 Å². The van der Waals surface area contributed by atoms with E-state index < -0.39 is 162 Å². The smallest absolute Gasteiger partial charge is 0.463 e. The molecule has 0 radical (unpaired) electrons. The first-order chi connectivity index (χ1) is 58.1. The van der Waals surface area contributed by atoms with Crippen molar-refractivity contribution in [2.45, 2.75) is 518 Å². The highest BCUT2D eigenvalue weighted by Gasteiger charge is 2.60. The Kier molecular flexibility index (Phi) is 66.6. The number of aliphatic hydroxyl groups excluding tert-OH is 9. The number of carbonyl (C=O) groups is 4. The summed E-state index contributed by atoms with van der Waals surface area (Å²) >= 11 is 0. The van der Waals surface area contributed by atoms with Crippen LogP contribution in [-0.2, 0) is 70.7 Å². The van der Waals surface area contributed by atoms with Gasteiger partial charge in [-0.2, -0.15) is 0 Å². The van der Waals surface area contributed by atoms with Crippen molar-refractivity contribution in [3.8, 4) is 0 Å². The third-order valence-electron chi connectivity index (χ3n) is 23.8.